The molecule has 1 fully saturated rings. The molecule has 0 radical (unpaired) electrons. The first kappa shape index (κ1) is 15.3. The van der Waals surface area contributed by atoms with E-state index in [1.165, 1.54) is 6.92 Å². The van der Waals surface area contributed by atoms with E-state index in [0.717, 1.165) is 19.4 Å². The highest BCUT2D eigenvalue weighted by Crippen LogP contribution is 2.14. The maximum Gasteiger partial charge on any atom is 0.246 e. The molecule has 5 nitrogen and oxygen atoms in total. The Hall–Kier alpha value is -0.750. The Morgan fingerprint density at radius 1 is 1.56 bits per heavy atom. The summed E-state index contributed by atoms with van der Waals surface area (Å²) in [5.74, 6) is 0.0409. The van der Waals surface area contributed by atoms with Gasteiger partial charge in [-0.1, -0.05) is 0 Å². The average molecular weight is 274 g/mol. The van der Waals surface area contributed by atoms with Crippen molar-refractivity contribution < 1.29 is 14.3 Å². The van der Waals surface area contributed by atoms with Crippen LogP contribution in [0.5, 0.6) is 0 Å². The molecule has 1 rings (SSSR count). The van der Waals surface area contributed by atoms with Crippen LogP contribution in [0, 0.1) is 0 Å². The first-order chi connectivity index (χ1) is 8.58. The number of carbonyl (C=O) groups is 2. The first-order valence-electron chi connectivity index (χ1n) is 6.36. The number of nitrogens with zero attached hydrogens (tertiary/aromatic N) is 1. The van der Waals surface area contributed by atoms with Gasteiger partial charge in [0.1, 0.15) is 6.04 Å². The third kappa shape index (κ3) is 4.49. The van der Waals surface area contributed by atoms with E-state index in [9.17, 15) is 9.59 Å². The lowest BCUT2D eigenvalue weighted by Crippen LogP contribution is -2.53. The van der Waals surface area contributed by atoms with Crippen molar-refractivity contribution in [2.24, 2.45) is 0 Å². The normalized spacial score (nSPS) is 21.5. The number of rotatable bonds is 5. The van der Waals surface area contributed by atoms with Gasteiger partial charge in [0, 0.05) is 32.4 Å². The fourth-order valence-electron chi connectivity index (χ4n) is 2.16. The SMILES string of the molecule is CCOC1CCCN(C(=O)C(CS)NC(C)=O)C1. The zero-order valence-corrected chi connectivity index (χ0v) is 11.9. The number of thiol groups is 1. The van der Waals surface area contributed by atoms with Crippen LogP contribution < -0.4 is 5.32 Å². The van der Waals surface area contributed by atoms with E-state index in [4.69, 9.17) is 4.74 Å². The lowest BCUT2D eigenvalue weighted by atomic mass is 10.1. The number of nitrogens with one attached hydrogen (secondary N) is 1. The van der Waals surface area contributed by atoms with Crippen molar-refractivity contribution in [1.82, 2.24) is 10.2 Å². The summed E-state index contributed by atoms with van der Waals surface area (Å²) in [5, 5.41) is 2.63. The van der Waals surface area contributed by atoms with Crippen LogP contribution in [-0.2, 0) is 14.3 Å². The zero-order valence-electron chi connectivity index (χ0n) is 11.0. The third-order valence-corrected chi connectivity index (χ3v) is 3.32. The van der Waals surface area contributed by atoms with E-state index in [-0.39, 0.29) is 17.9 Å². The number of likely N-dealkylation sites (tertiary alicyclic amines) is 1. The molecular weight excluding hydrogens is 252 g/mol. The summed E-state index contributed by atoms with van der Waals surface area (Å²) in [7, 11) is 0. The molecule has 0 aromatic rings. The third-order valence-electron chi connectivity index (χ3n) is 2.95. The minimum atomic E-state index is -0.536. The predicted octanol–water partition coefficient (Wildman–Crippen LogP) is 0.448. The molecule has 0 spiro atoms. The minimum absolute atomic E-state index is 0.0652. The van der Waals surface area contributed by atoms with Gasteiger partial charge in [-0.25, -0.2) is 0 Å². The predicted molar refractivity (Wildman–Crippen MR) is 72.7 cm³/mol. The Labute approximate surface area is 114 Å². The van der Waals surface area contributed by atoms with Gasteiger partial charge in [-0.2, -0.15) is 12.6 Å². The molecule has 6 heteroatoms. The molecule has 0 saturated carbocycles. The number of piperidine rings is 1. The molecule has 104 valence electrons. The van der Waals surface area contributed by atoms with Crippen LogP contribution in [0.3, 0.4) is 0 Å². The van der Waals surface area contributed by atoms with Crippen molar-refractivity contribution in [2.75, 3.05) is 25.4 Å². The van der Waals surface area contributed by atoms with Crippen LogP contribution in [0.2, 0.25) is 0 Å². The molecule has 1 N–H and O–H groups in total. The summed E-state index contributed by atoms with van der Waals surface area (Å²) in [5.41, 5.74) is 0. The molecule has 18 heavy (non-hydrogen) atoms. The van der Waals surface area contributed by atoms with E-state index in [2.05, 4.69) is 17.9 Å². The molecule has 2 amide bonds. The second kappa shape index (κ2) is 7.63. The topological polar surface area (TPSA) is 58.6 Å². The summed E-state index contributed by atoms with van der Waals surface area (Å²) in [4.78, 5) is 25.0. The summed E-state index contributed by atoms with van der Waals surface area (Å²) in [6.45, 7) is 5.36. The smallest absolute Gasteiger partial charge is 0.246 e. The number of hydrogen-bond donors (Lipinski definition) is 2. The lowest BCUT2D eigenvalue weighted by Gasteiger charge is -2.34. The fraction of sp³-hybridized carbons (Fsp3) is 0.833. The van der Waals surface area contributed by atoms with Crippen molar-refractivity contribution in [2.45, 2.75) is 38.8 Å². The van der Waals surface area contributed by atoms with Crippen molar-refractivity contribution in [3.63, 3.8) is 0 Å². The Kier molecular flexibility index (Phi) is 6.49. The van der Waals surface area contributed by atoms with Crippen LogP contribution in [-0.4, -0.2) is 54.3 Å². The standard InChI is InChI=1S/C12H22N2O3S/c1-3-17-10-5-4-6-14(7-10)12(16)11(8-18)13-9(2)15/h10-11,18H,3-8H2,1-2H3,(H,13,15). The molecule has 0 bridgehead atoms. The quantitative estimate of drug-likeness (QED) is 0.716. The van der Waals surface area contributed by atoms with Crippen LogP contribution >= 0.6 is 12.6 Å². The molecule has 1 heterocycles. The molecule has 2 atom stereocenters. The van der Waals surface area contributed by atoms with Gasteiger partial charge in [0.05, 0.1) is 6.10 Å². The fourth-order valence-corrected chi connectivity index (χ4v) is 2.41. The van der Waals surface area contributed by atoms with Gasteiger partial charge in [0.25, 0.3) is 0 Å². The maximum absolute atomic E-state index is 12.2. The zero-order chi connectivity index (χ0) is 13.5. The summed E-state index contributed by atoms with van der Waals surface area (Å²) >= 11 is 4.12. The van der Waals surface area contributed by atoms with Crippen molar-refractivity contribution in [3.05, 3.63) is 0 Å². The van der Waals surface area contributed by atoms with Crippen LogP contribution in [0.25, 0.3) is 0 Å². The van der Waals surface area contributed by atoms with Gasteiger partial charge >= 0.3 is 0 Å². The molecule has 2 unspecified atom stereocenters. The van der Waals surface area contributed by atoms with Gasteiger partial charge in [-0.15, -0.1) is 0 Å². The van der Waals surface area contributed by atoms with Crippen molar-refractivity contribution in [1.29, 1.82) is 0 Å². The molecule has 0 aliphatic carbocycles. The van der Waals surface area contributed by atoms with Crippen LogP contribution in [0.15, 0.2) is 0 Å². The minimum Gasteiger partial charge on any atom is -0.377 e. The van der Waals surface area contributed by atoms with E-state index >= 15 is 0 Å². The Morgan fingerprint density at radius 2 is 2.28 bits per heavy atom. The average Bonchev–Trinajstić information content (AvgIpc) is 2.35. The van der Waals surface area contributed by atoms with Crippen molar-refractivity contribution >= 4 is 24.4 Å². The number of carbonyl (C=O) groups excluding carboxylic acids is 2. The van der Waals surface area contributed by atoms with E-state index < -0.39 is 6.04 Å². The second-order valence-corrected chi connectivity index (χ2v) is 4.80. The highest BCUT2D eigenvalue weighted by molar-refractivity contribution is 7.80. The highest BCUT2D eigenvalue weighted by atomic mass is 32.1. The molecule has 0 aromatic heterocycles. The summed E-state index contributed by atoms with van der Waals surface area (Å²) in [6.07, 6.45) is 2.05. The number of amides is 2. The summed E-state index contributed by atoms with van der Waals surface area (Å²) in [6, 6.07) is -0.536. The Bertz CT molecular complexity index is 297. The highest BCUT2D eigenvalue weighted by Gasteiger charge is 2.28. The van der Waals surface area contributed by atoms with E-state index in [1.54, 1.807) is 4.90 Å². The number of ether oxygens (including phenoxy) is 1. The molecular formula is C12H22N2O3S. The Morgan fingerprint density at radius 3 is 2.83 bits per heavy atom. The van der Waals surface area contributed by atoms with E-state index in [0.29, 0.717) is 18.9 Å². The molecule has 1 aliphatic rings. The van der Waals surface area contributed by atoms with Crippen LogP contribution in [0.4, 0.5) is 0 Å². The lowest BCUT2D eigenvalue weighted by molar-refractivity contribution is -0.138. The molecule has 1 aliphatic heterocycles. The monoisotopic (exact) mass is 274 g/mol. The summed E-state index contributed by atoms with van der Waals surface area (Å²) < 4.78 is 5.56. The van der Waals surface area contributed by atoms with Gasteiger partial charge < -0.3 is 15.0 Å². The van der Waals surface area contributed by atoms with Gasteiger partial charge in [-0.05, 0) is 19.8 Å². The number of hydrogen-bond acceptors (Lipinski definition) is 4. The van der Waals surface area contributed by atoms with Crippen molar-refractivity contribution in [3.8, 4) is 0 Å². The largest absolute Gasteiger partial charge is 0.377 e. The molecule has 1 saturated heterocycles. The van der Waals surface area contributed by atoms with Gasteiger partial charge in [0.2, 0.25) is 11.8 Å². The van der Waals surface area contributed by atoms with Crippen LogP contribution in [0.1, 0.15) is 26.7 Å². The maximum atomic E-state index is 12.2. The second-order valence-electron chi connectivity index (χ2n) is 4.44. The van der Waals surface area contributed by atoms with E-state index in [1.807, 2.05) is 6.92 Å². The van der Waals surface area contributed by atoms with Gasteiger partial charge in [-0.3, -0.25) is 9.59 Å². The first-order valence-corrected chi connectivity index (χ1v) is 7.00. The Balaban J connectivity index is 2.55. The van der Waals surface area contributed by atoms with Gasteiger partial charge in [0.15, 0.2) is 0 Å². The molecule has 0 aromatic carbocycles.